The van der Waals surface area contributed by atoms with E-state index in [4.69, 9.17) is 0 Å². The van der Waals surface area contributed by atoms with E-state index in [1.807, 2.05) is 30.5 Å². The smallest absolute Gasteiger partial charge is 0.252 e. The molecule has 128 valence electrons. The van der Waals surface area contributed by atoms with Gasteiger partial charge in [0, 0.05) is 55.6 Å². The molecule has 7 heteroatoms. The lowest BCUT2D eigenvalue weighted by Crippen LogP contribution is -2.25. The van der Waals surface area contributed by atoms with E-state index in [2.05, 4.69) is 25.4 Å². The highest BCUT2D eigenvalue weighted by molar-refractivity contribution is 5.93. The molecule has 7 nitrogen and oxygen atoms in total. The highest BCUT2D eigenvalue weighted by atomic mass is 16.1. The Hall–Kier alpha value is -3.61. The summed E-state index contributed by atoms with van der Waals surface area (Å²) in [6, 6.07) is 11.2. The van der Waals surface area contributed by atoms with Crippen molar-refractivity contribution in [3.05, 3.63) is 78.6 Å². The van der Waals surface area contributed by atoms with Crippen molar-refractivity contribution in [1.82, 2.24) is 29.9 Å². The van der Waals surface area contributed by atoms with E-state index in [-0.39, 0.29) is 5.91 Å². The van der Waals surface area contributed by atoms with Gasteiger partial charge in [-0.1, -0.05) is 0 Å². The Morgan fingerprint density at radius 2 is 1.96 bits per heavy atom. The van der Waals surface area contributed by atoms with Crippen LogP contribution in [0.5, 0.6) is 0 Å². The molecule has 0 aromatic carbocycles. The number of pyridine rings is 2. The van der Waals surface area contributed by atoms with E-state index in [1.54, 1.807) is 41.4 Å². The summed E-state index contributed by atoms with van der Waals surface area (Å²) in [4.78, 5) is 24.6. The standard InChI is InChI=1S/C19H16N6O/c26-19(15-2-1-7-21-13-15)22-10-5-16-12-18-23-17(6-11-25(18)24-16)14-3-8-20-9-4-14/h1-4,6-9,11-13H,5,10H2,(H,22,26). The summed E-state index contributed by atoms with van der Waals surface area (Å²) in [5.74, 6) is -0.139. The number of rotatable bonds is 5. The summed E-state index contributed by atoms with van der Waals surface area (Å²) >= 11 is 0. The molecule has 1 N–H and O–H groups in total. The van der Waals surface area contributed by atoms with Gasteiger partial charge < -0.3 is 5.32 Å². The summed E-state index contributed by atoms with van der Waals surface area (Å²) in [5.41, 5.74) is 4.07. The lowest BCUT2D eigenvalue weighted by atomic mass is 10.2. The second-order valence-electron chi connectivity index (χ2n) is 5.73. The molecule has 1 amide bonds. The van der Waals surface area contributed by atoms with Crippen LogP contribution in [0.3, 0.4) is 0 Å². The zero-order valence-corrected chi connectivity index (χ0v) is 13.9. The first kappa shape index (κ1) is 15.9. The van der Waals surface area contributed by atoms with Crippen molar-refractivity contribution in [2.75, 3.05) is 6.54 Å². The number of hydrogen-bond donors (Lipinski definition) is 1. The molecule has 0 aliphatic carbocycles. The van der Waals surface area contributed by atoms with Crippen molar-refractivity contribution in [3.8, 4) is 11.3 Å². The normalized spacial score (nSPS) is 10.8. The third kappa shape index (κ3) is 3.41. The summed E-state index contributed by atoms with van der Waals surface area (Å²) in [6.07, 6.45) is 9.18. The molecular weight excluding hydrogens is 328 g/mol. The number of amides is 1. The Morgan fingerprint density at radius 1 is 1.08 bits per heavy atom. The Morgan fingerprint density at radius 3 is 2.77 bits per heavy atom. The highest BCUT2D eigenvalue weighted by Crippen LogP contribution is 2.16. The first-order valence-corrected chi connectivity index (χ1v) is 8.23. The third-order valence-electron chi connectivity index (χ3n) is 3.94. The van der Waals surface area contributed by atoms with Gasteiger partial charge in [0.15, 0.2) is 5.65 Å². The second-order valence-corrected chi connectivity index (χ2v) is 5.73. The van der Waals surface area contributed by atoms with Crippen molar-refractivity contribution >= 4 is 11.6 Å². The van der Waals surface area contributed by atoms with Crippen molar-refractivity contribution in [1.29, 1.82) is 0 Å². The SMILES string of the molecule is O=C(NCCc1cc2nc(-c3ccncc3)ccn2n1)c1cccnc1. The van der Waals surface area contributed by atoms with Gasteiger partial charge in [0.05, 0.1) is 17.0 Å². The van der Waals surface area contributed by atoms with Crippen LogP contribution < -0.4 is 5.32 Å². The molecule has 0 aliphatic heterocycles. The minimum Gasteiger partial charge on any atom is -0.352 e. The van der Waals surface area contributed by atoms with Crippen molar-refractivity contribution in [2.45, 2.75) is 6.42 Å². The largest absolute Gasteiger partial charge is 0.352 e. The van der Waals surface area contributed by atoms with Crippen LogP contribution >= 0.6 is 0 Å². The minimum atomic E-state index is -0.139. The number of fused-ring (bicyclic) bond motifs is 1. The van der Waals surface area contributed by atoms with Crippen LogP contribution in [0.25, 0.3) is 16.9 Å². The molecule has 4 rings (SSSR count). The molecule has 4 heterocycles. The monoisotopic (exact) mass is 344 g/mol. The molecule has 0 saturated carbocycles. The second kappa shape index (κ2) is 7.10. The Bertz CT molecular complexity index is 1030. The third-order valence-corrected chi connectivity index (χ3v) is 3.94. The molecule has 4 aromatic heterocycles. The zero-order chi connectivity index (χ0) is 17.8. The summed E-state index contributed by atoms with van der Waals surface area (Å²) in [6.45, 7) is 0.495. The topological polar surface area (TPSA) is 85.1 Å². The fourth-order valence-electron chi connectivity index (χ4n) is 2.64. The maximum Gasteiger partial charge on any atom is 0.252 e. The molecule has 0 spiro atoms. The quantitative estimate of drug-likeness (QED) is 0.600. The number of aromatic nitrogens is 5. The zero-order valence-electron chi connectivity index (χ0n) is 13.9. The molecule has 0 radical (unpaired) electrons. The molecule has 0 saturated heterocycles. The van der Waals surface area contributed by atoms with Gasteiger partial charge in [-0.3, -0.25) is 14.8 Å². The van der Waals surface area contributed by atoms with Crippen LogP contribution in [0.2, 0.25) is 0 Å². The maximum absolute atomic E-state index is 12.0. The van der Waals surface area contributed by atoms with E-state index < -0.39 is 0 Å². The van der Waals surface area contributed by atoms with E-state index in [1.165, 1.54) is 0 Å². The van der Waals surface area contributed by atoms with Crippen LogP contribution in [0.15, 0.2) is 67.4 Å². The lowest BCUT2D eigenvalue weighted by molar-refractivity contribution is 0.0953. The summed E-state index contributed by atoms with van der Waals surface area (Å²) in [5, 5.41) is 7.37. The number of carbonyl (C=O) groups excluding carboxylic acids is 1. The number of nitrogens with zero attached hydrogens (tertiary/aromatic N) is 5. The lowest BCUT2D eigenvalue weighted by Gasteiger charge is -2.02. The van der Waals surface area contributed by atoms with Gasteiger partial charge in [-0.2, -0.15) is 5.10 Å². The van der Waals surface area contributed by atoms with Gasteiger partial charge in [0.2, 0.25) is 0 Å². The van der Waals surface area contributed by atoms with Crippen molar-refractivity contribution in [3.63, 3.8) is 0 Å². The maximum atomic E-state index is 12.0. The van der Waals surface area contributed by atoms with E-state index >= 15 is 0 Å². The Kier molecular flexibility index (Phi) is 4.34. The van der Waals surface area contributed by atoms with Gasteiger partial charge in [-0.15, -0.1) is 0 Å². The van der Waals surface area contributed by atoms with Crippen LogP contribution in [0.4, 0.5) is 0 Å². The minimum absolute atomic E-state index is 0.139. The van der Waals surface area contributed by atoms with E-state index in [9.17, 15) is 4.79 Å². The fourth-order valence-corrected chi connectivity index (χ4v) is 2.64. The molecule has 26 heavy (non-hydrogen) atoms. The number of hydrogen-bond acceptors (Lipinski definition) is 5. The van der Waals surface area contributed by atoms with Gasteiger partial charge in [-0.05, 0) is 30.3 Å². The molecule has 0 fully saturated rings. The Labute approximate surface area is 149 Å². The van der Waals surface area contributed by atoms with Gasteiger partial charge >= 0.3 is 0 Å². The van der Waals surface area contributed by atoms with Gasteiger partial charge in [0.25, 0.3) is 5.91 Å². The van der Waals surface area contributed by atoms with Gasteiger partial charge in [0.1, 0.15) is 0 Å². The highest BCUT2D eigenvalue weighted by Gasteiger charge is 2.08. The molecule has 0 unspecified atom stereocenters. The first-order valence-electron chi connectivity index (χ1n) is 8.23. The molecule has 4 aromatic rings. The summed E-state index contributed by atoms with van der Waals surface area (Å²) < 4.78 is 1.74. The summed E-state index contributed by atoms with van der Waals surface area (Å²) in [7, 11) is 0. The van der Waals surface area contributed by atoms with Crippen LogP contribution in [0.1, 0.15) is 16.1 Å². The van der Waals surface area contributed by atoms with Crippen LogP contribution in [0, 0.1) is 0 Å². The van der Waals surface area contributed by atoms with Crippen molar-refractivity contribution in [2.24, 2.45) is 0 Å². The molecular formula is C19H16N6O. The van der Waals surface area contributed by atoms with E-state index in [0.29, 0.717) is 18.5 Å². The predicted molar refractivity (Wildman–Crippen MR) is 96.5 cm³/mol. The number of nitrogens with one attached hydrogen (secondary N) is 1. The van der Waals surface area contributed by atoms with Crippen molar-refractivity contribution < 1.29 is 4.79 Å². The first-order chi connectivity index (χ1) is 12.8. The average Bonchev–Trinajstić information content (AvgIpc) is 3.11. The Balaban J connectivity index is 1.44. The number of carbonyl (C=O) groups is 1. The molecule has 0 bridgehead atoms. The van der Waals surface area contributed by atoms with E-state index in [0.717, 1.165) is 22.6 Å². The molecule has 0 atom stereocenters. The van der Waals surface area contributed by atoms with Gasteiger partial charge in [-0.25, -0.2) is 9.50 Å². The van der Waals surface area contributed by atoms with Crippen LogP contribution in [-0.2, 0) is 6.42 Å². The fraction of sp³-hybridized carbons (Fsp3) is 0.105. The average molecular weight is 344 g/mol. The predicted octanol–water partition coefficient (Wildman–Crippen LogP) is 2.16. The molecule has 0 aliphatic rings. The van der Waals surface area contributed by atoms with Crippen LogP contribution in [-0.4, -0.2) is 37.0 Å².